The van der Waals surface area contributed by atoms with Crippen molar-refractivity contribution in [3.63, 3.8) is 0 Å². The molecule has 0 unspecified atom stereocenters. The van der Waals surface area contributed by atoms with Crippen molar-refractivity contribution in [1.29, 1.82) is 0 Å². The Morgan fingerprint density at radius 2 is 2.05 bits per heavy atom. The van der Waals surface area contributed by atoms with Gasteiger partial charge in [0.05, 0.1) is 15.7 Å². The van der Waals surface area contributed by atoms with E-state index >= 15 is 0 Å². The summed E-state index contributed by atoms with van der Waals surface area (Å²) in [5, 5.41) is 6.51. The maximum absolute atomic E-state index is 4.49. The molecule has 19 heavy (non-hydrogen) atoms. The molecule has 1 aromatic carbocycles. The van der Waals surface area contributed by atoms with Gasteiger partial charge in [0.15, 0.2) is 0 Å². The highest BCUT2D eigenvalue weighted by molar-refractivity contribution is 7.16. The van der Waals surface area contributed by atoms with Gasteiger partial charge in [0.1, 0.15) is 11.6 Å². The molecule has 2 N–H and O–H groups in total. The fraction of sp³-hybridized carbons (Fsp3) is 0.143. The molecule has 0 spiro atoms. The molecule has 0 amide bonds. The molecule has 0 saturated heterocycles. The van der Waals surface area contributed by atoms with E-state index in [1.807, 2.05) is 35.8 Å². The third-order valence-corrected chi connectivity index (χ3v) is 3.50. The molecule has 3 aromatic rings. The Bertz CT molecular complexity index is 692. The Kier molecular flexibility index (Phi) is 3.29. The highest BCUT2D eigenvalue weighted by Crippen LogP contribution is 2.24. The quantitative estimate of drug-likeness (QED) is 0.755. The van der Waals surface area contributed by atoms with Crippen molar-refractivity contribution in [2.75, 3.05) is 17.2 Å². The molecule has 0 fully saturated rings. The number of thiazole rings is 1. The lowest BCUT2D eigenvalue weighted by molar-refractivity contribution is 1.16. The molecular formula is C14H14N4S. The fourth-order valence-corrected chi connectivity index (χ4v) is 2.58. The summed E-state index contributed by atoms with van der Waals surface area (Å²) in [6.07, 6.45) is 0. The normalized spacial score (nSPS) is 10.6. The minimum absolute atomic E-state index is 0.835. The average molecular weight is 270 g/mol. The lowest BCUT2D eigenvalue weighted by Gasteiger charge is -2.08. The number of aromatic nitrogens is 2. The minimum Gasteiger partial charge on any atom is -0.370 e. The van der Waals surface area contributed by atoms with Crippen LogP contribution in [0.5, 0.6) is 0 Å². The summed E-state index contributed by atoms with van der Waals surface area (Å²) < 4.78 is 1.17. The number of nitrogens with one attached hydrogen (secondary N) is 2. The summed E-state index contributed by atoms with van der Waals surface area (Å²) in [4.78, 5) is 8.76. The van der Waals surface area contributed by atoms with Crippen molar-refractivity contribution < 1.29 is 0 Å². The topological polar surface area (TPSA) is 49.8 Å². The summed E-state index contributed by atoms with van der Waals surface area (Å²) in [6.45, 7) is 2.92. The van der Waals surface area contributed by atoms with Crippen LogP contribution in [0.2, 0.25) is 0 Å². The second kappa shape index (κ2) is 5.24. The first-order valence-electron chi connectivity index (χ1n) is 6.16. The molecule has 2 aromatic heterocycles. The predicted octanol–water partition coefficient (Wildman–Crippen LogP) is 3.87. The van der Waals surface area contributed by atoms with Gasteiger partial charge in [-0.1, -0.05) is 6.07 Å². The van der Waals surface area contributed by atoms with Crippen molar-refractivity contribution >= 4 is 38.9 Å². The molecule has 0 bridgehead atoms. The van der Waals surface area contributed by atoms with E-state index < -0.39 is 0 Å². The summed E-state index contributed by atoms with van der Waals surface area (Å²) in [5.74, 6) is 1.72. The van der Waals surface area contributed by atoms with Gasteiger partial charge in [-0.3, -0.25) is 0 Å². The zero-order chi connectivity index (χ0) is 13.1. The van der Waals surface area contributed by atoms with Crippen molar-refractivity contribution in [3.8, 4) is 0 Å². The minimum atomic E-state index is 0.835. The van der Waals surface area contributed by atoms with E-state index in [9.17, 15) is 0 Å². The number of nitrogens with zero attached hydrogens (tertiary/aromatic N) is 2. The molecule has 0 aliphatic rings. The molecule has 4 nitrogen and oxygen atoms in total. The van der Waals surface area contributed by atoms with Crippen LogP contribution in [0.1, 0.15) is 6.92 Å². The maximum Gasteiger partial charge on any atom is 0.132 e. The zero-order valence-corrected chi connectivity index (χ0v) is 11.4. The van der Waals surface area contributed by atoms with E-state index in [-0.39, 0.29) is 0 Å². The maximum atomic E-state index is 4.49. The molecule has 0 aliphatic heterocycles. The molecule has 5 heteroatoms. The molecule has 2 heterocycles. The van der Waals surface area contributed by atoms with Gasteiger partial charge in [0.25, 0.3) is 0 Å². The first kappa shape index (κ1) is 11.9. The molecule has 0 atom stereocenters. The van der Waals surface area contributed by atoms with Crippen LogP contribution in [0, 0.1) is 0 Å². The largest absolute Gasteiger partial charge is 0.370 e. The number of benzene rings is 1. The number of fused-ring (bicyclic) bond motifs is 1. The van der Waals surface area contributed by atoms with Gasteiger partial charge in [0, 0.05) is 12.2 Å². The number of hydrogen-bond acceptors (Lipinski definition) is 5. The summed E-state index contributed by atoms with van der Waals surface area (Å²) in [5.41, 5.74) is 3.92. The van der Waals surface area contributed by atoms with Gasteiger partial charge < -0.3 is 10.6 Å². The van der Waals surface area contributed by atoms with E-state index in [1.54, 1.807) is 11.3 Å². The van der Waals surface area contributed by atoms with Crippen molar-refractivity contribution in [2.24, 2.45) is 0 Å². The highest BCUT2D eigenvalue weighted by atomic mass is 32.1. The second-order valence-corrected chi connectivity index (χ2v) is 4.98. The monoisotopic (exact) mass is 270 g/mol. The smallest absolute Gasteiger partial charge is 0.132 e. The van der Waals surface area contributed by atoms with E-state index in [4.69, 9.17) is 0 Å². The van der Waals surface area contributed by atoms with Crippen molar-refractivity contribution in [1.82, 2.24) is 9.97 Å². The summed E-state index contributed by atoms with van der Waals surface area (Å²) in [7, 11) is 0. The molecule has 96 valence electrons. The van der Waals surface area contributed by atoms with E-state index in [2.05, 4.69) is 33.6 Å². The summed E-state index contributed by atoms with van der Waals surface area (Å²) in [6, 6.07) is 12.0. The SMILES string of the molecule is CCNc1cccc(Nc2ccc3ncsc3c2)n1. The number of anilines is 3. The van der Waals surface area contributed by atoms with Gasteiger partial charge in [-0.15, -0.1) is 11.3 Å². The van der Waals surface area contributed by atoms with Gasteiger partial charge in [-0.25, -0.2) is 9.97 Å². The van der Waals surface area contributed by atoms with E-state index in [1.165, 1.54) is 4.70 Å². The van der Waals surface area contributed by atoms with Crippen molar-refractivity contribution in [3.05, 3.63) is 41.9 Å². The van der Waals surface area contributed by atoms with Crippen molar-refractivity contribution in [2.45, 2.75) is 6.92 Å². The Hall–Kier alpha value is -2.14. The highest BCUT2D eigenvalue weighted by Gasteiger charge is 2.01. The van der Waals surface area contributed by atoms with Crippen LogP contribution in [-0.2, 0) is 0 Å². The Morgan fingerprint density at radius 1 is 1.16 bits per heavy atom. The lowest BCUT2D eigenvalue weighted by Crippen LogP contribution is -2.01. The van der Waals surface area contributed by atoms with E-state index in [0.717, 1.165) is 29.4 Å². The Morgan fingerprint density at radius 3 is 2.95 bits per heavy atom. The molecule has 0 radical (unpaired) electrons. The third-order valence-electron chi connectivity index (χ3n) is 2.71. The average Bonchev–Trinajstić information content (AvgIpc) is 2.87. The molecule has 3 rings (SSSR count). The third kappa shape index (κ3) is 2.66. The van der Waals surface area contributed by atoms with Crippen LogP contribution in [-0.4, -0.2) is 16.5 Å². The number of pyridine rings is 1. The van der Waals surface area contributed by atoms with E-state index in [0.29, 0.717) is 0 Å². The Labute approximate surface area is 115 Å². The second-order valence-electron chi connectivity index (χ2n) is 4.10. The van der Waals surface area contributed by atoms with Gasteiger partial charge in [-0.2, -0.15) is 0 Å². The number of hydrogen-bond donors (Lipinski definition) is 2. The fourth-order valence-electron chi connectivity index (χ4n) is 1.86. The first-order chi connectivity index (χ1) is 9.35. The predicted molar refractivity (Wildman–Crippen MR) is 81.3 cm³/mol. The standard InChI is InChI=1S/C14H14N4S/c1-2-15-13-4-3-5-14(18-13)17-10-6-7-11-12(8-10)19-9-16-11/h3-9H,2H2,1H3,(H2,15,17,18). The van der Waals surface area contributed by atoms with Gasteiger partial charge >= 0.3 is 0 Å². The molecule has 0 saturated carbocycles. The van der Waals surface area contributed by atoms with Gasteiger partial charge in [0.2, 0.25) is 0 Å². The molecule has 0 aliphatic carbocycles. The van der Waals surface area contributed by atoms with Gasteiger partial charge in [-0.05, 0) is 37.3 Å². The number of rotatable bonds is 4. The molecular weight excluding hydrogens is 256 g/mol. The lowest BCUT2D eigenvalue weighted by atomic mass is 10.3. The van der Waals surface area contributed by atoms with Crippen LogP contribution in [0.25, 0.3) is 10.2 Å². The Balaban J connectivity index is 1.85. The van der Waals surface area contributed by atoms with Crippen LogP contribution < -0.4 is 10.6 Å². The van der Waals surface area contributed by atoms with Crippen LogP contribution >= 0.6 is 11.3 Å². The zero-order valence-electron chi connectivity index (χ0n) is 10.6. The van der Waals surface area contributed by atoms with Crippen LogP contribution in [0.15, 0.2) is 41.9 Å². The summed E-state index contributed by atoms with van der Waals surface area (Å²) >= 11 is 1.64. The first-order valence-corrected chi connectivity index (χ1v) is 7.04. The van der Waals surface area contributed by atoms with Crippen LogP contribution in [0.4, 0.5) is 17.3 Å². The van der Waals surface area contributed by atoms with Crippen LogP contribution in [0.3, 0.4) is 0 Å².